The first-order chi connectivity index (χ1) is 0. The zero-order valence-electron chi connectivity index (χ0n) is 2.91. The summed E-state index contributed by atoms with van der Waals surface area (Å²) in [5, 5.41) is 0. The molecule has 0 atom stereocenters. The van der Waals surface area contributed by atoms with E-state index >= 15 is 0 Å². The van der Waals surface area contributed by atoms with Gasteiger partial charge in [-0.15, -0.1) is 12.4 Å². The minimum Gasteiger partial charge on any atom is -0.412 e. The Morgan fingerprint density at radius 1 is 0.500 bits per heavy atom. The summed E-state index contributed by atoms with van der Waals surface area (Å²) in [6.07, 6.45) is 0. The van der Waals surface area contributed by atoms with Crippen molar-refractivity contribution in [2.45, 2.75) is 0 Å². The minimum atomic E-state index is 0. The second-order valence-electron chi connectivity index (χ2n) is 0. The van der Waals surface area contributed by atoms with Gasteiger partial charge in [0.25, 0.3) is 0 Å². The summed E-state index contributed by atoms with van der Waals surface area (Å²) < 4.78 is 0. The van der Waals surface area contributed by atoms with Crippen molar-refractivity contribution in [1.29, 1.82) is 0 Å². The smallest absolute Gasteiger partial charge is 0 e. The van der Waals surface area contributed by atoms with E-state index < -0.39 is 0 Å². The van der Waals surface area contributed by atoms with Gasteiger partial charge in [-0.05, 0) is 0 Å². The zero-order chi connectivity index (χ0) is 0. The van der Waals surface area contributed by atoms with Crippen molar-refractivity contribution >= 4 is 12.4 Å². The van der Waals surface area contributed by atoms with E-state index in [0.717, 1.165) is 0 Å². The summed E-state index contributed by atoms with van der Waals surface area (Å²) in [7, 11) is 0. The molecule has 0 aromatic carbocycles. The maximum atomic E-state index is 0. The van der Waals surface area contributed by atoms with Gasteiger partial charge in [0.1, 0.15) is 0 Å². The van der Waals surface area contributed by atoms with Crippen LogP contribution < -0.4 is 0 Å². The SMILES string of the molecule is Cl.O.O.O.O.[Zr]. The monoisotopic (exact) mass is 198 g/mol. The predicted octanol–water partition coefficient (Wildman–Crippen LogP) is -2.88. The van der Waals surface area contributed by atoms with Crippen LogP contribution >= 0.6 is 12.4 Å². The number of halogens is 1. The predicted molar refractivity (Wildman–Crippen MR) is 21.7 cm³/mol. The van der Waals surface area contributed by atoms with Crippen molar-refractivity contribution in [3.8, 4) is 0 Å². The van der Waals surface area contributed by atoms with Gasteiger partial charge in [-0.1, -0.05) is 0 Å². The van der Waals surface area contributed by atoms with Gasteiger partial charge in [0, 0.05) is 26.2 Å². The maximum Gasteiger partial charge on any atom is 0 e. The van der Waals surface area contributed by atoms with E-state index in [4.69, 9.17) is 0 Å². The second kappa shape index (κ2) is 147. The van der Waals surface area contributed by atoms with Crippen LogP contribution in [0.25, 0.3) is 0 Å². The molecule has 0 saturated heterocycles. The molecule has 4 nitrogen and oxygen atoms in total. The maximum absolute atomic E-state index is 0. The van der Waals surface area contributed by atoms with Crippen LogP contribution in [0, 0.1) is 0 Å². The molecular formula is H9ClO4Zr. The average Bonchev–Trinajstić information content (AvgIpc) is 0. The molecule has 6 heteroatoms. The summed E-state index contributed by atoms with van der Waals surface area (Å²) in [4.78, 5) is 0. The third-order valence-corrected chi connectivity index (χ3v) is 0. The molecule has 0 aliphatic rings. The van der Waals surface area contributed by atoms with Crippen molar-refractivity contribution in [3.05, 3.63) is 0 Å². The fraction of sp³-hybridized carbons (Fsp3) is 0. The molecule has 0 heterocycles. The van der Waals surface area contributed by atoms with E-state index in [9.17, 15) is 0 Å². The Balaban J connectivity index is 0. The molecule has 0 unspecified atom stereocenters. The van der Waals surface area contributed by atoms with Gasteiger partial charge < -0.3 is 21.9 Å². The van der Waals surface area contributed by atoms with Crippen molar-refractivity contribution < 1.29 is 48.1 Å². The van der Waals surface area contributed by atoms with E-state index in [1.54, 1.807) is 0 Å². The van der Waals surface area contributed by atoms with Gasteiger partial charge in [0.05, 0.1) is 0 Å². The second-order valence-corrected chi connectivity index (χ2v) is 0. The van der Waals surface area contributed by atoms with E-state index in [2.05, 4.69) is 0 Å². The van der Waals surface area contributed by atoms with Crippen LogP contribution in [0.15, 0.2) is 0 Å². The van der Waals surface area contributed by atoms with E-state index in [-0.39, 0.29) is 60.5 Å². The fourth-order valence-electron chi connectivity index (χ4n) is 0. The number of hydrogen-bond acceptors (Lipinski definition) is 0. The molecule has 44 valence electrons. The molecule has 0 spiro atoms. The number of hydrogen-bond donors (Lipinski definition) is 0. The molecule has 0 aliphatic carbocycles. The summed E-state index contributed by atoms with van der Waals surface area (Å²) in [5.41, 5.74) is 0. The molecule has 0 aromatic heterocycles. The van der Waals surface area contributed by atoms with Crippen molar-refractivity contribution in [1.82, 2.24) is 0 Å². The van der Waals surface area contributed by atoms with Crippen molar-refractivity contribution in [2.75, 3.05) is 0 Å². The molecule has 6 heavy (non-hydrogen) atoms. The molecule has 0 aromatic rings. The van der Waals surface area contributed by atoms with Crippen LogP contribution in [-0.4, -0.2) is 21.9 Å². The van der Waals surface area contributed by atoms with Gasteiger partial charge in [-0.3, -0.25) is 0 Å². The Morgan fingerprint density at radius 3 is 0.500 bits per heavy atom. The Hall–Kier alpha value is 1.01. The molecule has 0 rings (SSSR count). The molecule has 0 aliphatic heterocycles. The third kappa shape index (κ3) is 78.7. The minimum absolute atomic E-state index is 0. The molecular weight excluding hydrogens is 191 g/mol. The zero-order valence-corrected chi connectivity index (χ0v) is 6.18. The van der Waals surface area contributed by atoms with Crippen LogP contribution in [0.1, 0.15) is 0 Å². The van der Waals surface area contributed by atoms with E-state index in [0.29, 0.717) is 0 Å². The van der Waals surface area contributed by atoms with Gasteiger partial charge in [-0.2, -0.15) is 0 Å². The largest absolute Gasteiger partial charge is 0.412 e. The Kier molecular flexibility index (Phi) is 6060. The van der Waals surface area contributed by atoms with Gasteiger partial charge in [0.2, 0.25) is 0 Å². The first-order valence-corrected chi connectivity index (χ1v) is 0. The first kappa shape index (κ1) is 247. The van der Waals surface area contributed by atoms with Gasteiger partial charge in [-0.25, -0.2) is 0 Å². The molecule has 0 fully saturated rings. The Morgan fingerprint density at radius 2 is 0.500 bits per heavy atom. The molecule has 0 bridgehead atoms. The topological polar surface area (TPSA) is 126 Å². The molecule has 0 radical (unpaired) electrons. The fourth-order valence-corrected chi connectivity index (χ4v) is 0. The molecule has 8 N–H and O–H groups in total. The van der Waals surface area contributed by atoms with Crippen LogP contribution in [0.2, 0.25) is 0 Å². The third-order valence-electron chi connectivity index (χ3n) is 0. The Labute approximate surface area is 60.7 Å². The number of rotatable bonds is 0. The van der Waals surface area contributed by atoms with Crippen molar-refractivity contribution in [2.24, 2.45) is 0 Å². The van der Waals surface area contributed by atoms with Crippen LogP contribution in [0.5, 0.6) is 0 Å². The Bertz CT molecular complexity index is 7.51. The normalized spacial score (nSPS) is 0. The average molecular weight is 200 g/mol. The van der Waals surface area contributed by atoms with E-state index in [1.807, 2.05) is 0 Å². The molecule has 0 amide bonds. The molecule has 0 saturated carbocycles. The van der Waals surface area contributed by atoms with Crippen LogP contribution in [-0.2, 0) is 26.2 Å². The summed E-state index contributed by atoms with van der Waals surface area (Å²) in [6.45, 7) is 0. The van der Waals surface area contributed by atoms with E-state index in [1.165, 1.54) is 0 Å². The first-order valence-electron chi connectivity index (χ1n) is 0. The quantitative estimate of drug-likeness (QED) is 0.398. The van der Waals surface area contributed by atoms with Crippen molar-refractivity contribution in [3.63, 3.8) is 0 Å². The summed E-state index contributed by atoms with van der Waals surface area (Å²) in [5.74, 6) is 0. The standard InChI is InChI=1S/ClH.4H2O.Zr/h1H;4*1H2;. The van der Waals surface area contributed by atoms with Gasteiger partial charge >= 0.3 is 0 Å². The summed E-state index contributed by atoms with van der Waals surface area (Å²) >= 11 is 0. The van der Waals surface area contributed by atoms with Crippen LogP contribution in [0.3, 0.4) is 0 Å². The van der Waals surface area contributed by atoms with Crippen LogP contribution in [0.4, 0.5) is 0 Å². The van der Waals surface area contributed by atoms with Gasteiger partial charge in [0.15, 0.2) is 0 Å². The summed E-state index contributed by atoms with van der Waals surface area (Å²) in [6, 6.07) is 0.